The lowest BCUT2D eigenvalue weighted by Gasteiger charge is -2.03. The van der Waals surface area contributed by atoms with E-state index in [0.717, 1.165) is 5.56 Å². The minimum atomic E-state index is -2.82. The maximum absolute atomic E-state index is 11.9. The molecule has 1 aromatic carbocycles. The highest BCUT2D eigenvalue weighted by atomic mass is 19.3. The highest BCUT2D eigenvalue weighted by Gasteiger charge is 2.07. The summed E-state index contributed by atoms with van der Waals surface area (Å²) in [6.07, 6.45) is 0. The van der Waals surface area contributed by atoms with Crippen LogP contribution in [0.1, 0.15) is 5.69 Å². The van der Waals surface area contributed by atoms with Crippen molar-refractivity contribution >= 4 is 0 Å². The lowest BCUT2D eigenvalue weighted by molar-refractivity contribution is -0.0498. The average molecular weight is 240 g/mol. The monoisotopic (exact) mass is 240 g/mol. The van der Waals surface area contributed by atoms with Crippen LogP contribution in [0.25, 0.3) is 11.3 Å². The first-order valence-corrected chi connectivity index (χ1v) is 4.90. The lowest BCUT2D eigenvalue weighted by Crippen LogP contribution is -2.01. The maximum atomic E-state index is 11.9. The van der Waals surface area contributed by atoms with Crippen LogP contribution in [-0.2, 0) is 6.54 Å². The third kappa shape index (κ3) is 2.79. The van der Waals surface area contributed by atoms with E-state index in [1.807, 2.05) is 0 Å². The molecule has 0 radical (unpaired) electrons. The molecule has 0 amide bonds. The van der Waals surface area contributed by atoms with E-state index < -0.39 is 6.61 Å². The summed E-state index contributed by atoms with van der Waals surface area (Å²) in [7, 11) is 0. The van der Waals surface area contributed by atoms with Crippen molar-refractivity contribution in [2.75, 3.05) is 0 Å². The van der Waals surface area contributed by atoms with E-state index in [0.29, 0.717) is 11.5 Å². The summed E-state index contributed by atoms with van der Waals surface area (Å²) in [6, 6.07) is 7.79. The molecule has 1 aromatic heterocycles. The fourth-order valence-electron chi connectivity index (χ4n) is 1.34. The Morgan fingerprint density at radius 2 is 2.00 bits per heavy atom. The van der Waals surface area contributed by atoms with Crippen LogP contribution >= 0.6 is 0 Å². The number of hydrogen-bond acceptors (Lipinski definition) is 4. The van der Waals surface area contributed by atoms with Gasteiger partial charge in [0.05, 0.1) is 5.69 Å². The Morgan fingerprint density at radius 1 is 1.29 bits per heavy atom. The minimum absolute atomic E-state index is 0.0994. The molecular weight excluding hydrogens is 230 g/mol. The molecular formula is C11H10F2N2O2. The van der Waals surface area contributed by atoms with E-state index in [1.54, 1.807) is 18.2 Å². The van der Waals surface area contributed by atoms with Crippen LogP contribution in [0.3, 0.4) is 0 Å². The van der Waals surface area contributed by atoms with Crippen LogP contribution in [0.2, 0.25) is 0 Å². The van der Waals surface area contributed by atoms with Crippen LogP contribution in [0.15, 0.2) is 34.9 Å². The molecule has 0 fully saturated rings. The molecule has 0 saturated carbocycles. The summed E-state index contributed by atoms with van der Waals surface area (Å²) < 4.78 is 33.1. The topological polar surface area (TPSA) is 61.3 Å². The zero-order valence-electron chi connectivity index (χ0n) is 8.77. The quantitative estimate of drug-likeness (QED) is 0.891. The van der Waals surface area contributed by atoms with Gasteiger partial charge in [0.1, 0.15) is 5.75 Å². The Hall–Kier alpha value is -1.95. The van der Waals surface area contributed by atoms with E-state index in [-0.39, 0.29) is 12.3 Å². The van der Waals surface area contributed by atoms with Crippen molar-refractivity contribution < 1.29 is 18.0 Å². The summed E-state index contributed by atoms with van der Waals surface area (Å²) in [5.74, 6) is 0.636. The molecule has 0 aliphatic heterocycles. The first-order chi connectivity index (χ1) is 8.19. The van der Waals surface area contributed by atoms with Gasteiger partial charge in [-0.15, -0.1) is 0 Å². The van der Waals surface area contributed by atoms with E-state index in [1.165, 1.54) is 12.1 Å². The fourth-order valence-corrected chi connectivity index (χ4v) is 1.34. The standard InChI is InChI=1S/C11H10F2N2O2/c12-11(13)16-9-3-1-7(2-4-9)10-5-8(6-14)15-17-10/h1-5,11H,6,14H2. The van der Waals surface area contributed by atoms with Crippen LogP contribution in [0, 0.1) is 0 Å². The van der Waals surface area contributed by atoms with Gasteiger partial charge in [-0.2, -0.15) is 8.78 Å². The van der Waals surface area contributed by atoms with Gasteiger partial charge in [0, 0.05) is 18.2 Å². The third-order valence-corrected chi connectivity index (χ3v) is 2.13. The molecule has 90 valence electrons. The van der Waals surface area contributed by atoms with E-state index in [9.17, 15) is 8.78 Å². The highest BCUT2D eigenvalue weighted by molar-refractivity contribution is 5.58. The molecule has 0 unspecified atom stereocenters. The van der Waals surface area contributed by atoms with Crippen molar-refractivity contribution in [3.8, 4) is 17.1 Å². The van der Waals surface area contributed by atoms with Gasteiger partial charge in [0.2, 0.25) is 0 Å². The average Bonchev–Trinajstić information content (AvgIpc) is 2.78. The molecule has 0 aliphatic rings. The summed E-state index contributed by atoms with van der Waals surface area (Å²) in [5, 5.41) is 3.73. The van der Waals surface area contributed by atoms with Crippen molar-refractivity contribution in [1.29, 1.82) is 0 Å². The largest absolute Gasteiger partial charge is 0.435 e. The van der Waals surface area contributed by atoms with Gasteiger partial charge in [-0.25, -0.2) is 0 Å². The number of aromatic nitrogens is 1. The normalized spacial score (nSPS) is 10.8. The van der Waals surface area contributed by atoms with Gasteiger partial charge in [-0.3, -0.25) is 0 Å². The number of rotatable bonds is 4. The van der Waals surface area contributed by atoms with Crippen molar-refractivity contribution in [2.45, 2.75) is 13.2 Å². The number of halogens is 2. The lowest BCUT2D eigenvalue weighted by atomic mass is 10.1. The zero-order chi connectivity index (χ0) is 12.3. The molecule has 2 rings (SSSR count). The maximum Gasteiger partial charge on any atom is 0.387 e. The summed E-state index contributed by atoms with van der Waals surface area (Å²) in [4.78, 5) is 0. The molecule has 0 aliphatic carbocycles. The number of nitrogens with two attached hydrogens (primary N) is 1. The van der Waals surface area contributed by atoms with Crippen molar-refractivity contribution in [3.05, 3.63) is 36.0 Å². The van der Waals surface area contributed by atoms with E-state index in [4.69, 9.17) is 10.3 Å². The molecule has 0 saturated heterocycles. The second-order valence-electron chi connectivity index (χ2n) is 3.29. The highest BCUT2D eigenvalue weighted by Crippen LogP contribution is 2.23. The second-order valence-corrected chi connectivity index (χ2v) is 3.29. The predicted molar refractivity (Wildman–Crippen MR) is 56.5 cm³/mol. The van der Waals surface area contributed by atoms with E-state index >= 15 is 0 Å². The minimum Gasteiger partial charge on any atom is -0.435 e. The predicted octanol–water partition coefficient (Wildman–Crippen LogP) is 2.40. The Kier molecular flexibility index (Phi) is 3.34. The van der Waals surface area contributed by atoms with Crippen molar-refractivity contribution in [2.24, 2.45) is 5.73 Å². The third-order valence-electron chi connectivity index (χ3n) is 2.13. The summed E-state index contributed by atoms with van der Waals surface area (Å²) in [5.41, 5.74) is 6.75. The van der Waals surface area contributed by atoms with Gasteiger partial charge in [-0.05, 0) is 24.3 Å². The number of nitrogens with zero attached hydrogens (tertiary/aromatic N) is 1. The molecule has 6 heteroatoms. The van der Waals surface area contributed by atoms with Gasteiger partial charge in [0.15, 0.2) is 5.76 Å². The van der Waals surface area contributed by atoms with Gasteiger partial charge in [-0.1, -0.05) is 5.16 Å². The molecule has 0 bridgehead atoms. The van der Waals surface area contributed by atoms with Crippen LogP contribution < -0.4 is 10.5 Å². The number of benzene rings is 1. The summed E-state index contributed by atoms with van der Waals surface area (Å²) >= 11 is 0. The first kappa shape index (κ1) is 11.5. The molecule has 4 nitrogen and oxygen atoms in total. The van der Waals surface area contributed by atoms with E-state index in [2.05, 4.69) is 9.89 Å². The van der Waals surface area contributed by atoms with Gasteiger partial charge < -0.3 is 15.0 Å². The molecule has 17 heavy (non-hydrogen) atoms. The number of alkyl halides is 2. The summed E-state index contributed by atoms with van der Waals surface area (Å²) in [6.45, 7) is -2.54. The van der Waals surface area contributed by atoms with Gasteiger partial charge in [0.25, 0.3) is 0 Å². The Morgan fingerprint density at radius 3 is 2.53 bits per heavy atom. The smallest absolute Gasteiger partial charge is 0.387 e. The molecule has 0 spiro atoms. The molecule has 0 atom stereocenters. The molecule has 2 aromatic rings. The SMILES string of the molecule is NCc1cc(-c2ccc(OC(F)F)cc2)on1. The zero-order valence-corrected chi connectivity index (χ0v) is 8.77. The van der Waals surface area contributed by atoms with Crippen molar-refractivity contribution in [1.82, 2.24) is 5.16 Å². The van der Waals surface area contributed by atoms with Crippen molar-refractivity contribution in [3.63, 3.8) is 0 Å². The van der Waals surface area contributed by atoms with Crippen LogP contribution in [-0.4, -0.2) is 11.8 Å². The Bertz CT molecular complexity index is 482. The van der Waals surface area contributed by atoms with Crippen LogP contribution in [0.5, 0.6) is 5.75 Å². The van der Waals surface area contributed by atoms with Crippen LogP contribution in [0.4, 0.5) is 8.78 Å². The first-order valence-electron chi connectivity index (χ1n) is 4.90. The Labute approximate surface area is 96.0 Å². The number of ether oxygens (including phenoxy) is 1. The fraction of sp³-hybridized carbons (Fsp3) is 0.182. The van der Waals surface area contributed by atoms with Gasteiger partial charge >= 0.3 is 6.61 Å². The molecule has 1 heterocycles. The second kappa shape index (κ2) is 4.92. The Balaban J connectivity index is 2.17. The molecule has 2 N–H and O–H groups in total. The number of hydrogen-bond donors (Lipinski definition) is 1.